The molecule has 0 unspecified atom stereocenters. The zero-order valence-electron chi connectivity index (χ0n) is 5.56. The predicted molar refractivity (Wildman–Crippen MR) is 37.9 cm³/mol. The van der Waals surface area contributed by atoms with Crippen LogP contribution < -0.4 is 10.7 Å². The fourth-order valence-electron chi connectivity index (χ4n) is 0.708. The maximum atomic E-state index is 10.3. The lowest BCUT2D eigenvalue weighted by Crippen LogP contribution is -2.04. The lowest BCUT2D eigenvalue weighted by Gasteiger charge is -1.97. The van der Waals surface area contributed by atoms with Crippen LogP contribution in [0.5, 0.6) is 5.75 Å². The molecule has 5 heteroatoms. The Bertz CT molecular complexity index is 274. The third kappa shape index (κ3) is 1.44. The van der Waals surface area contributed by atoms with Crippen LogP contribution in [0.15, 0.2) is 24.3 Å². The summed E-state index contributed by atoms with van der Waals surface area (Å²) in [4.78, 5) is 14.0. The molecule has 0 aliphatic carbocycles. The first kappa shape index (κ1) is 7.49. The molecule has 0 aromatic heterocycles. The van der Waals surface area contributed by atoms with Gasteiger partial charge < -0.3 is 4.84 Å². The normalized spacial score (nSPS) is 9.18. The van der Waals surface area contributed by atoms with Gasteiger partial charge in [0.1, 0.15) is 0 Å². The van der Waals surface area contributed by atoms with Crippen molar-refractivity contribution in [3.8, 4) is 5.75 Å². The van der Waals surface area contributed by atoms with Crippen LogP contribution in [0.2, 0.25) is 0 Å². The molecule has 0 heterocycles. The Morgan fingerprint density at radius 2 is 2.09 bits per heavy atom. The van der Waals surface area contributed by atoms with Crippen molar-refractivity contribution in [2.75, 3.05) is 0 Å². The first-order chi connectivity index (χ1) is 5.25. The van der Waals surface area contributed by atoms with Crippen molar-refractivity contribution in [2.45, 2.75) is 0 Å². The zero-order chi connectivity index (χ0) is 8.27. The van der Waals surface area contributed by atoms with Gasteiger partial charge in [0.15, 0.2) is 0 Å². The van der Waals surface area contributed by atoms with Crippen LogP contribution in [0.25, 0.3) is 0 Å². The minimum atomic E-state index is -0.553. The van der Waals surface area contributed by atoms with Crippen LogP contribution in [0.4, 0.5) is 5.69 Å². The van der Waals surface area contributed by atoms with Crippen LogP contribution in [0.3, 0.4) is 0 Å². The van der Waals surface area contributed by atoms with E-state index in [1.807, 2.05) is 0 Å². The van der Waals surface area contributed by atoms with E-state index in [1.165, 1.54) is 12.1 Å². The van der Waals surface area contributed by atoms with Gasteiger partial charge in [-0.1, -0.05) is 12.1 Å². The number of nitrogens with two attached hydrogens (primary N) is 1. The van der Waals surface area contributed by atoms with Crippen LogP contribution in [-0.4, -0.2) is 4.92 Å². The van der Waals surface area contributed by atoms with Crippen molar-refractivity contribution in [3.05, 3.63) is 34.4 Å². The number of benzene rings is 1. The van der Waals surface area contributed by atoms with Crippen molar-refractivity contribution < 1.29 is 9.76 Å². The average molecular weight is 154 g/mol. The molecule has 2 N–H and O–H groups in total. The number of para-hydroxylation sites is 2. The SMILES string of the molecule is NOc1ccccc1[N+](=O)[O-]. The van der Waals surface area contributed by atoms with Crippen molar-refractivity contribution >= 4 is 5.69 Å². The average Bonchev–Trinajstić information content (AvgIpc) is 2.04. The highest BCUT2D eigenvalue weighted by Crippen LogP contribution is 2.24. The van der Waals surface area contributed by atoms with E-state index < -0.39 is 4.92 Å². The van der Waals surface area contributed by atoms with E-state index >= 15 is 0 Å². The van der Waals surface area contributed by atoms with Crippen molar-refractivity contribution in [1.82, 2.24) is 0 Å². The van der Waals surface area contributed by atoms with Gasteiger partial charge in [0.2, 0.25) is 5.75 Å². The van der Waals surface area contributed by atoms with Gasteiger partial charge in [-0.25, -0.2) is 0 Å². The molecule has 0 atom stereocenters. The minimum absolute atomic E-state index is 0.0671. The van der Waals surface area contributed by atoms with Crippen LogP contribution in [0.1, 0.15) is 0 Å². The largest absolute Gasteiger partial charge is 0.404 e. The molecule has 0 fully saturated rings. The summed E-state index contributed by atoms with van der Waals surface area (Å²) in [5.41, 5.74) is -0.130. The Labute approximate surface area is 62.5 Å². The molecule has 0 radical (unpaired) electrons. The highest BCUT2D eigenvalue weighted by Gasteiger charge is 2.11. The molecule has 0 spiro atoms. The van der Waals surface area contributed by atoms with E-state index in [2.05, 4.69) is 4.84 Å². The van der Waals surface area contributed by atoms with Crippen LogP contribution in [-0.2, 0) is 0 Å². The molecule has 11 heavy (non-hydrogen) atoms. The third-order valence-corrected chi connectivity index (χ3v) is 1.19. The first-order valence-corrected chi connectivity index (χ1v) is 2.86. The Balaban J connectivity index is 3.12. The van der Waals surface area contributed by atoms with E-state index in [9.17, 15) is 10.1 Å². The van der Waals surface area contributed by atoms with Gasteiger partial charge >= 0.3 is 5.69 Å². The summed E-state index contributed by atoms with van der Waals surface area (Å²) >= 11 is 0. The molecule has 1 rings (SSSR count). The zero-order valence-corrected chi connectivity index (χ0v) is 5.56. The lowest BCUT2D eigenvalue weighted by molar-refractivity contribution is -0.385. The molecule has 0 bridgehead atoms. The molecular formula is C6H6N2O3. The summed E-state index contributed by atoms with van der Waals surface area (Å²) in [5.74, 6) is 4.85. The van der Waals surface area contributed by atoms with Crippen molar-refractivity contribution in [3.63, 3.8) is 0 Å². The van der Waals surface area contributed by atoms with Crippen molar-refractivity contribution in [2.24, 2.45) is 5.90 Å². The number of rotatable bonds is 2. The molecule has 0 aliphatic heterocycles. The van der Waals surface area contributed by atoms with Gasteiger partial charge in [-0.05, 0) is 6.07 Å². The summed E-state index contributed by atoms with van der Waals surface area (Å²) in [5, 5.41) is 10.3. The maximum absolute atomic E-state index is 10.3. The molecular weight excluding hydrogens is 148 g/mol. The summed E-state index contributed by atoms with van der Waals surface area (Å²) in [6.45, 7) is 0. The smallest absolute Gasteiger partial charge is 0.313 e. The fourth-order valence-corrected chi connectivity index (χ4v) is 0.708. The summed E-state index contributed by atoms with van der Waals surface area (Å²) < 4.78 is 0. The van der Waals surface area contributed by atoms with E-state index in [-0.39, 0.29) is 11.4 Å². The Morgan fingerprint density at radius 1 is 1.45 bits per heavy atom. The number of nitrogens with zero attached hydrogens (tertiary/aromatic N) is 1. The van der Waals surface area contributed by atoms with E-state index in [1.54, 1.807) is 12.1 Å². The Kier molecular flexibility index (Phi) is 2.03. The quantitative estimate of drug-likeness (QED) is 0.505. The highest BCUT2D eigenvalue weighted by molar-refractivity contribution is 5.45. The van der Waals surface area contributed by atoms with Gasteiger partial charge in [-0.3, -0.25) is 10.1 Å². The summed E-state index contributed by atoms with van der Waals surface area (Å²) in [6, 6.07) is 5.90. The third-order valence-electron chi connectivity index (χ3n) is 1.19. The topological polar surface area (TPSA) is 78.4 Å². The number of hydrogen-bond acceptors (Lipinski definition) is 4. The molecule has 5 nitrogen and oxygen atoms in total. The molecule has 0 saturated heterocycles. The molecule has 1 aromatic carbocycles. The summed E-state index contributed by atoms with van der Waals surface area (Å²) in [7, 11) is 0. The van der Waals surface area contributed by atoms with Crippen LogP contribution in [0, 0.1) is 10.1 Å². The lowest BCUT2D eigenvalue weighted by atomic mass is 10.3. The Hall–Kier alpha value is -1.62. The van der Waals surface area contributed by atoms with Gasteiger partial charge in [0.25, 0.3) is 0 Å². The first-order valence-electron chi connectivity index (χ1n) is 2.86. The molecule has 1 aromatic rings. The molecule has 0 amide bonds. The number of nitro groups is 1. The monoisotopic (exact) mass is 154 g/mol. The Morgan fingerprint density at radius 3 is 2.55 bits per heavy atom. The molecule has 0 saturated carbocycles. The summed E-state index contributed by atoms with van der Waals surface area (Å²) in [6.07, 6.45) is 0. The fraction of sp³-hybridized carbons (Fsp3) is 0. The minimum Gasteiger partial charge on any atom is -0.404 e. The van der Waals surface area contributed by atoms with Gasteiger partial charge in [0.05, 0.1) is 4.92 Å². The molecule has 58 valence electrons. The number of hydrogen-bond donors (Lipinski definition) is 1. The standard InChI is InChI=1S/C6H6N2O3/c7-11-6-4-2-1-3-5(6)8(9)10/h1-4H,7H2. The number of nitro benzene ring substituents is 1. The van der Waals surface area contributed by atoms with Crippen molar-refractivity contribution in [1.29, 1.82) is 0 Å². The van der Waals surface area contributed by atoms with Crippen LogP contribution >= 0.6 is 0 Å². The highest BCUT2D eigenvalue weighted by atomic mass is 16.6. The van der Waals surface area contributed by atoms with Gasteiger partial charge in [-0.15, -0.1) is 0 Å². The second kappa shape index (κ2) is 2.98. The van der Waals surface area contributed by atoms with E-state index in [4.69, 9.17) is 5.90 Å². The predicted octanol–water partition coefficient (Wildman–Crippen LogP) is 0.847. The second-order valence-corrected chi connectivity index (χ2v) is 1.84. The van der Waals surface area contributed by atoms with Gasteiger partial charge in [-0.2, -0.15) is 5.90 Å². The van der Waals surface area contributed by atoms with E-state index in [0.29, 0.717) is 0 Å². The maximum Gasteiger partial charge on any atom is 0.313 e. The molecule has 0 aliphatic rings. The van der Waals surface area contributed by atoms with E-state index in [0.717, 1.165) is 0 Å². The second-order valence-electron chi connectivity index (χ2n) is 1.84. The van der Waals surface area contributed by atoms with Gasteiger partial charge in [0, 0.05) is 6.07 Å².